The number of nitrogens with one attached hydrogen (secondary N) is 1. The Kier molecular flexibility index (Phi) is 6.48. The van der Waals surface area contributed by atoms with E-state index in [4.69, 9.17) is 0 Å². The molecule has 0 heterocycles. The van der Waals surface area contributed by atoms with Crippen LogP contribution in [0.1, 0.15) is 39.7 Å². The second-order valence-corrected chi connectivity index (χ2v) is 7.07. The number of hydrogen-bond acceptors (Lipinski definition) is 1. The Labute approximate surface area is 125 Å². The van der Waals surface area contributed by atoms with Gasteiger partial charge in [0.15, 0.2) is 0 Å². The minimum atomic E-state index is -0.194. The van der Waals surface area contributed by atoms with Gasteiger partial charge >= 0.3 is 0 Å². The monoisotopic (exact) mass is 329 g/mol. The normalized spacial score (nSPS) is 13.6. The third-order valence-corrected chi connectivity index (χ3v) is 4.12. The van der Waals surface area contributed by atoms with Crippen LogP contribution in [0.25, 0.3) is 0 Å². The fraction of sp³-hybridized carbons (Fsp3) is 0.625. The largest absolute Gasteiger partial charge is 0.316 e. The summed E-state index contributed by atoms with van der Waals surface area (Å²) in [5, 5.41) is 3.50. The number of hydrogen-bond donors (Lipinski definition) is 1. The summed E-state index contributed by atoms with van der Waals surface area (Å²) >= 11 is 3.26. The van der Waals surface area contributed by atoms with E-state index >= 15 is 0 Å². The Morgan fingerprint density at radius 3 is 2.53 bits per heavy atom. The third kappa shape index (κ3) is 5.62. The van der Waals surface area contributed by atoms with Crippen molar-refractivity contribution in [2.45, 2.75) is 40.5 Å². The van der Waals surface area contributed by atoms with Crippen LogP contribution in [0.5, 0.6) is 0 Å². The highest BCUT2D eigenvalue weighted by Crippen LogP contribution is 2.29. The van der Waals surface area contributed by atoms with E-state index in [9.17, 15) is 4.39 Å². The summed E-state index contributed by atoms with van der Waals surface area (Å²) in [6.45, 7) is 11.0. The van der Waals surface area contributed by atoms with Crippen molar-refractivity contribution in [2.75, 3.05) is 13.1 Å². The van der Waals surface area contributed by atoms with Crippen LogP contribution >= 0.6 is 15.9 Å². The molecule has 0 radical (unpaired) electrons. The Balaban J connectivity index is 2.73. The quantitative estimate of drug-likeness (QED) is 0.739. The average molecular weight is 330 g/mol. The third-order valence-electron chi connectivity index (χ3n) is 3.51. The maximum Gasteiger partial charge on any atom is 0.137 e. The van der Waals surface area contributed by atoms with Crippen molar-refractivity contribution in [1.82, 2.24) is 5.32 Å². The van der Waals surface area contributed by atoms with E-state index in [0.29, 0.717) is 10.4 Å². The Bertz CT molecular complexity index is 398. The predicted molar refractivity (Wildman–Crippen MR) is 83.9 cm³/mol. The molecule has 0 bridgehead atoms. The van der Waals surface area contributed by atoms with Gasteiger partial charge in [-0.25, -0.2) is 4.39 Å². The van der Waals surface area contributed by atoms with Gasteiger partial charge in [0.1, 0.15) is 5.82 Å². The van der Waals surface area contributed by atoms with E-state index in [2.05, 4.69) is 48.9 Å². The lowest BCUT2D eigenvalue weighted by Crippen LogP contribution is -2.33. The Hall–Kier alpha value is -0.410. The SMILES string of the molecule is CCCNCC(Cc1ccc(F)c(Br)c1)C(C)(C)C. The summed E-state index contributed by atoms with van der Waals surface area (Å²) in [5.74, 6) is 0.344. The van der Waals surface area contributed by atoms with Crippen molar-refractivity contribution in [1.29, 1.82) is 0 Å². The molecule has 3 heteroatoms. The summed E-state index contributed by atoms with van der Waals surface area (Å²) in [5.41, 5.74) is 1.42. The number of benzene rings is 1. The molecule has 1 aromatic rings. The van der Waals surface area contributed by atoms with Crippen molar-refractivity contribution in [3.05, 3.63) is 34.1 Å². The molecule has 19 heavy (non-hydrogen) atoms. The first-order valence-corrected chi connectivity index (χ1v) is 7.78. The molecule has 1 unspecified atom stereocenters. The van der Waals surface area contributed by atoms with E-state index in [0.717, 1.165) is 25.9 Å². The van der Waals surface area contributed by atoms with Gasteiger partial charge in [0, 0.05) is 0 Å². The molecule has 0 aromatic heterocycles. The molecule has 1 rings (SSSR count). The van der Waals surface area contributed by atoms with Gasteiger partial charge in [-0.15, -0.1) is 0 Å². The van der Waals surface area contributed by atoms with Gasteiger partial charge in [-0.1, -0.05) is 33.8 Å². The Morgan fingerprint density at radius 2 is 2.00 bits per heavy atom. The molecular weight excluding hydrogens is 305 g/mol. The molecule has 1 aromatic carbocycles. The van der Waals surface area contributed by atoms with Crippen LogP contribution < -0.4 is 5.32 Å². The summed E-state index contributed by atoms with van der Waals surface area (Å²) in [6, 6.07) is 5.32. The number of rotatable bonds is 6. The maximum atomic E-state index is 13.3. The van der Waals surface area contributed by atoms with Gasteiger partial charge in [0.2, 0.25) is 0 Å². The van der Waals surface area contributed by atoms with Gasteiger partial charge in [-0.05, 0) is 70.9 Å². The van der Waals surface area contributed by atoms with E-state index < -0.39 is 0 Å². The lowest BCUT2D eigenvalue weighted by molar-refractivity contribution is 0.231. The standard InChI is InChI=1S/C16H25BrFN/c1-5-8-19-11-13(16(2,3)4)9-12-6-7-15(18)14(17)10-12/h6-7,10,13,19H,5,8-9,11H2,1-4H3. The first-order valence-electron chi connectivity index (χ1n) is 6.99. The van der Waals surface area contributed by atoms with Crippen molar-refractivity contribution in [3.63, 3.8) is 0 Å². The predicted octanol–water partition coefficient (Wildman–Crippen LogP) is 4.79. The molecule has 0 amide bonds. The van der Waals surface area contributed by atoms with Crippen LogP contribution in [0.15, 0.2) is 22.7 Å². The lowest BCUT2D eigenvalue weighted by atomic mass is 9.77. The molecule has 0 aliphatic heterocycles. The van der Waals surface area contributed by atoms with E-state index in [1.807, 2.05) is 12.1 Å². The fourth-order valence-electron chi connectivity index (χ4n) is 2.09. The summed E-state index contributed by atoms with van der Waals surface area (Å²) in [4.78, 5) is 0. The molecule has 1 atom stereocenters. The molecule has 1 nitrogen and oxygen atoms in total. The van der Waals surface area contributed by atoms with Crippen LogP contribution in [-0.4, -0.2) is 13.1 Å². The summed E-state index contributed by atoms with van der Waals surface area (Å²) < 4.78 is 13.8. The molecule has 0 saturated carbocycles. The highest BCUT2D eigenvalue weighted by Gasteiger charge is 2.24. The molecule has 0 aliphatic rings. The average Bonchev–Trinajstić information content (AvgIpc) is 2.31. The summed E-state index contributed by atoms with van der Waals surface area (Å²) in [7, 11) is 0. The van der Waals surface area contributed by atoms with Crippen LogP contribution in [-0.2, 0) is 6.42 Å². The van der Waals surface area contributed by atoms with Gasteiger partial charge in [-0.2, -0.15) is 0 Å². The van der Waals surface area contributed by atoms with Crippen LogP contribution in [0.2, 0.25) is 0 Å². The maximum absolute atomic E-state index is 13.3. The van der Waals surface area contributed by atoms with Gasteiger partial charge in [0.25, 0.3) is 0 Å². The van der Waals surface area contributed by atoms with Gasteiger partial charge in [-0.3, -0.25) is 0 Å². The van der Waals surface area contributed by atoms with Crippen LogP contribution in [0.4, 0.5) is 4.39 Å². The molecule has 1 N–H and O–H groups in total. The van der Waals surface area contributed by atoms with Crippen molar-refractivity contribution in [2.24, 2.45) is 11.3 Å². The van der Waals surface area contributed by atoms with Gasteiger partial charge < -0.3 is 5.32 Å². The van der Waals surface area contributed by atoms with Crippen molar-refractivity contribution >= 4 is 15.9 Å². The zero-order valence-corrected chi connectivity index (χ0v) is 14.0. The topological polar surface area (TPSA) is 12.0 Å². The molecule has 0 aliphatic carbocycles. The van der Waals surface area contributed by atoms with Crippen LogP contribution in [0, 0.1) is 17.2 Å². The zero-order chi connectivity index (χ0) is 14.5. The molecule has 108 valence electrons. The molecule has 0 saturated heterocycles. The minimum absolute atomic E-state index is 0.194. The lowest BCUT2D eigenvalue weighted by Gasteiger charge is -2.31. The van der Waals surface area contributed by atoms with E-state index in [-0.39, 0.29) is 11.2 Å². The first kappa shape index (κ1) is 16.6. The van der Waals surface area contributed by atoms with Gasteiger partial charge in [0.05, 0.1) is 4.47 Å². The molecular formula is C16H25BrFN. The molecule has 0 fully saturated rings. The highest BCUT2D eigenvalue weighted by atomic mass is 79.9. The Morgan fingerprint density at radius 1 is 1.32 bits per heavy atom. The van der Waals surface area contributed by atoms with Crippen molar-refractivity contribution < 1.29 is 4.39 Å². The number of halogens is 2. The highest BCUT2D eigenvalue weighted by molar-refractivity contribution is 9.10. The molecule has 0 spiro atoms. The smallest absolute Gasteiger partial charge is 0.137 e. The summed E-state index contributed by atoms with van der Waals surface area (Å²) in [6.07, 6.45) is 2.12. The van der Waals surface area contributed by atoms with Crippen molar-refractivity contribution in [3.8, 4) is 0 Å². The second-order valence-electron chi connectivity index (χ2n) is 6.22. The zero-order valence-electron chi connectivity index (χ0n) is 12.4. The van der Waals surface area contributed by atoms with E-state index in [1.165, 1.54) is 5.56 Å². The fourth-order valence-corrected chi connectivity index (χ4v) is 2.51. The minimum Gasteiger partial charge on any atom is -0.316 e. The first-order chi connectivity index (χ1) is 8.84. The van der Waals surface area contributed by atoms with Crippen LogP contribution in [0.3, 0.4) is 0 Å². The second kappa shape index (κ2) is 7.39. The van der Waals surface area contributed by atoms with E-state index in [1.54, 1.807) is 6.07 Å².